The van der Waals surface area contributed by atoms with Crippen molar-refractivity contribution in [2.45, 2.75) is 25.5 Å². The number of carbonyl (C=O) groups is 1. The van der Waals surface area contributed by atoms with Crippen LogP contribution in [-0.4, -0.2) is 28.0 Å². The fourth-order valence-electron chi connectivity index (χ4n) is 2.85. The third kappa shape index (κ3) is 2.26. The van der Waals surface area contributed by atoms with Gasteiger partial charge in [-0.25, -0.2) is 0 Å². The first-order chi connectivity index (χ1) is 10.7. The van der Waals surface area contributed by atoms with E-state index in [1.807, 2.05) is 18.2 Å². The van der Waals surface area contributed by atoms with Gasteiger partial charge in [0.05, 0.1) is 6.54 Å². The predicted octanol–water partition coefficient (Wildman–Crippen LogP) is 1.21. The van der Waals surface area contributed by atoms with Crippen molar-refractivity contribution in [3.05, 3.63) is 51.9 Å². The van der Waals surface area contributed by atoms with Crippen LogP contribution in [0.1, 0.15) is 22.3 Å². The first-order valence-electron chi connectivity index (χ1n) is 7.22. The predicted molar refractivity (Wildman–Crippen MR) is 77.5 cm³/mol. The first kappa shape index (κ1) is 13.1. The number of aromatic nitrogens is 2. The highest BCUT2D eigenvalue weighted by molar-refractivity contribution is 6.00. The van der Waals surface area contributed by atoms with Crippen LogP contribution in [0.2, 0.25) is 0 Å². The van der Waals surface area contributed by atoms with Gasteiger partial charge < -0.3 is 9.47 Å². The Balaban J connectivity index is 1.42. The number of carbonyl (C=O) groups excluding carboxylic acids is 1. The molecule has 0 spiro atoms. The number of nitrogens with zero attached hydrogens (tertiary/aromatic N) is 2. The lowest BCUT2D eigenvalue weighted by Gasteiger charge is -2.11. The molecule has 1 aliphatic carbocycles. The molecule has 0 N–H and O–H groups in total. The normalized spacial score (nSPS) is 18.7. The standard InChI is InChI=1S/C16H14N2O4/c19-14-4-1-10-7-11(2-3-13(10)14)21-9-12-8-18-6-5-15(20)17-16(18)22-12/h2-3,5-7,12H,1,4,8-9H2/t12-/m0/s1. The molecule has 0 saturated carbocycles. The number of hydrogen-bond donors (Lipinski definition) is 0. The summed E-state index contributed by atoms with van der Waals surface area (Å²) in [6, 6.07) is 7.30. The van der Waals surface area contributed by atoms with Gasteiger partial charge in [0.2, 0.25) is 0 Å². The van der Waals surface area contributed by atoms with Crippen LogP contribution in [-0.2, 0) is 13.0 Å². The highest BCUT2D eigenvalue weighted by Crippen LogP contribution is 2.26. The Morgan fingerprint density at radius 1 is 1.27 bits per heavy atom. The molecule has 112 valence electrons. The van der Waals surface area contributed by atoms with Gasteiger partial charge in [0.1, 0.15) is 12.4 Å². The summed E-state index contributed by atoms with van der Waals surface area (Å²) in [6.07, 6.45) is 2.86. The zero-order chi connectivity index (χ0) is 15.1. The fourth-order valence-corrected chi connectivity index (χ4v) is 2.85. The van der Waals surface area contributed by atoms with Crippen molar-refractivity contribution in [3.8, 4) is 11.8 Å². The van der Waals surface area contributed by atoms with E-state index in [4.69, 9.17) is 9.47 Å². The van der Waals surface area contributed by atoms with Crippen molar-refractivity contribution >= 4 is 5.78 Å². The third-order valence-corrected chi connectivity index (χ3v) is 3.96. The molecular formula is C16H14N2O4. The molecule has 2 aliphatic rings. The van der Waals surface area contributed by atoms with Gasteiger partial charge in [0.25, 0.3) is 11.6 Å². The van der Waals surface area contributed by atoms with Crippen LogP contribution in [0, 0.1) is 0 Å². The summed E-state index contributed by atoms with van der Waals surface area (Å²) in [5.74, 6) is 0.933. The molecular weight excluding hydrogens is 284 g/mol. The quantitative estimate of drug-likeness (QED) is 0.852. The molecule has 0 radical (unpaired) electrons. The molecule has 1 aliphatic heterocycles. The second-order valence-electron chi connectivity index (χ2n) is 5.49. The van der Waals surface area contributed by atoms with Crippen molar-refractivity contribution in [2.75, 3.05) is 6.61 Å². The molecule has 22 heavy (non-hydrogen) atoms. The number of fused-ring (bicyclic) bond motifs is 2. The smallest absolute Gasteiger partial charge is 0.300 e. The number of benzene rings is 1. The van der Waals surface area contributed by atoms with Crippen molar-refractivity contribution in [3.63, 3.8) is 0 Å². The number of hydrogen-bond acceptors (Lipinski definition) is 5. The van der Waals surface area contributed by atoms with Gasteiger partial charge in [-0.2, -0.15) is 4.98 Å². The lowest BCUT2D eigenvalue weighted by molar-refractivity contribution is 0.0994. The average Bonchev–Trinajstić information content (AvgIpc) is 3.08. The van der Waals surface area contributed by atoms with Gasteiger partial charge >= 0.3 is 0 Å². The Morgan fingerprint density at radius 3 is 3.09 bits per heavy atom. The zero-order valence-electron chi connectivity index (χ0n) is 11.8. The van der Waals surface area contributed by atoms with Gasteiger partial charge in [0, 0.05) is 24.2 Å². The molecule has 1 atom stereocenters. The minimum Gasteiger partial charge on any atom is -0.490 e. The monoisotopic (exact) mass is 298 g/mol. The summed E-state index contributed by atoms with van der Waals surface area (Å²) in [4.78, 5) is 26.6. The van der Waals surface area contributed by atoms with E-state index < -0.39 is 0 Å². The second-order valence-corrected chi connectivity index (χ2v) is 5.49. The largest absolute Gasteiger partial charge is 0.490 e. The van der Waals surface area contributed by atoms with Crippen LogP contribution >= 0.6 is 0 Å². The van der Waals surface area contributed by atoms with E-state index in [0.29, 0.717) is 25.6 Å². The molecule has 6 heteroatoms. The van der Waals surface area contributed by atoms with E-state index in [-0.39, 0.29) is 17.4 Å². The second kappa shape index (κ2) is 4.98. The Hall–Kier alpha value is -2.63. The van der Waals surface area contributed by atoms with Crippen LogP contribution in [0.5, 0.6) is 11.8 Å². The van der Waals surface area contributed by atoms with Crippen molar-refractivity contribution in [1.29, 1.82) is 0 Å². The van der Waals surface area contributed by atoms with E-state index in [9.17, 15) is 9.59 Å². The minimum absolute atomic E-state index is 0.177. The molecule has 0 unspecified atom stereocenters. The van der Waals surface area contributed by atoms with Crippen LogP contribution in [0.25, 0.3) is 0 Å². The van der Waals surface area contributed by atoms with Gasteiger partial charge in [-0.05, 0) is 30.2 Å². The summed E-state index contributed by atoms with van der Waals surface area (Å²) in [7, 11) is 0. The van der Waals surface area contributed by atoms with Crippen LogP contribution in [0.4, 0.5) is 0 Å². The molecule has 2 aromatic rings. The minimum atomic E-state index is -0.309. The maximum Gasteiger partial charge on any atom is 0.300 e. The highest BCUT2D eigenvalue weighted by Gasteiger charge is 2.24. The summed E-state index contributed by atoms with van der Waals surface area (Å²) in [6.45, 7) is 0.969. The van der Waals surface area contributed by atoms with Gasteiger partial charge in [0.15, 0.2) is 11.9 Å². The lowest BCUT2D eigenvalue weighted by Crippen LogP contribution is -2.23. The summed E-state index contributed by atoms with van der Waals surface area (Å²) < 4.78 is 13.1. The number of aryl methyl sites for hydroxylation is 1. The molecule has 1 aromatic heterocycles. The molecule has 0 amide bonds. The van der Waals surface area contributed by atoms with E-state index in [0.717, 1.165) is 23.3 Å². The number of rotatable bonds is 3. The summed E-state index contributed by atoms with van der Waals surface area (Å²) in [5, 5.41) is 0. The number of ketones is 1. The van der Waals surface area contributed by atoms with Crippen molar-refractivity contribution < 1.29 is 14.3 Å². The topological polar surface area (TPSA) is 70.4 Å². The molecule has 1 aromatic carbocycles. The van der Waals surface area contributed by atoms with Crippen LogP contribution in [0.15, 0.2) is 35.3 Å². The van der Waals surface area contributed by atoms with E-state index >= 15 is 0 Å². The number of ether oxygens (including phenoxy) is 2. The third-order valence-electron chi connectivity index (χ3n) is 3.96. The van der Waals surface area contributed by atoms with Gasteiger partial charge in [-0.1, -0.05) is 0 Å². The molecule has 0 saturated heterocycles. The Morgan fingerprint density at radius 2 is 2.18 bits per heavy atom. The molecule has 6 nitrogen and oxygen atoms in total. The first-order valence-corrected chi connectivity index (χ1v) is 7.22. The van der Waals surface area contributed by atoms with E-state index in [2.05, 4.69) is 4.98 Å². The molecule has 2 heterocycles. The van der Waals surface area contributed by atoms with Gasteiger partial charge in [-0.3, -0.25) is 14.2 Å². The Labute approximate surface area is 126 Å². The zero-order valence-corrected chi connectivity index (χ0v) is 11.8. The summed E-state index contributed by atoms with van der Waals surface area (Å²) >= 11 is 0. The Bertz CT molecular complexity index is 812. The molecule has 0 bridgehead atoms. The van der Waals surface area contributed by atoms with Crippen molar-refractivity contribution in [2.24, 2.45) is 0 Å². The average molecular weight is 298 g/mol. The van der Waals surface area contributed by atoms with Gasteiger partial charge in [-0.15, -0.1) is 0 Å². The fraction of sp³-hybridized carbons (Fsp3) is 0.312. The molecule has 0 fully saturated rings. The summed E-state index contributed by atoms with van der Waals surface area (Å²) in [5.41, 5.74) is 1.54. The maximum atomic E-state index is 11.6. The number of Topliss-reactive ketones (excluding diaryl/α,β-unsaturated/α-hetero) is 1. The van der Waals surface area contributed by atoms with Crippen LogP contribution < -0.4 is 15.0 Å². The Kier molecular flexibility index (Phi) is 2.96. The SMILES string of the molecule is O=C1CCc2cc(OC[C@@H]3Cn4ccc(=O)nc4O3)ccc21. The van der Waals surface area contributed by atoms with E-state index in [1.54, 1.807) is 10.8 Å². The highest BCUT2D eigenvalue weighted by atomic mass is 16.6. The molecule has 4 rings (SSSR count). The maximum absolute atomic E-state index is 11.6. The lowest BCUT2D eigenvalue weighted by atomic mass is 10.1. The van der Waals surface area contributed by atoms with Crippen LogP contribution in [0.3, 0.4) is 0 Å². The van der Waals surface area contributed by atoms with Crippen molar-refractivity contribution in [1.82, 2.24) is 9.55 Å². The van der Waals surface area contributed by atoms with E-state index in [1.165, 1.54) is 6.07 Å².